The smallest absolute Gasteiger partial charge is 0.451 e. The van der Waals surface area contributed by atoms with E-state index in [0.29, 0.717) is 12.1 Å². The summed E-state index contributed by atoms with van der Waals surface area (Å²) in [6.45, 7) is -0.302. The Kier molecular flexibility index (Phi) is 11.3. The molecular formula is C22H25F6N5O8. The van der Waals surface area contributed by atoms with E-state index in [1.807, 2.05) is 0 Å². The highest BCUT2D eigenvalue weighted by molar-refractivity contribution is 5.77. The van der Waals surface area contributed by atoms with E-state index in [0.717, 1.165) is 4.57 Å². The van der Waals surface area contributed by atoms with Crippen LogP contribution in [0.1, 0.15) is 23.6 Å². The van der Waals surface area contributed by atoms with Gasteiger partial charge in [-0.05, 0) is 18.1 Å². The summed E-state index contributed by atoms with van der Waals surface area (Å²) < 4.78 is 79.3. The Labute approximate surface area is 226 Å². The van der Waals surface area contributed by atoms with Crippen molar-refractivity contribution < 1.29 is 66.3 Å². The van der Waals surface area contributed by atoms with Crippen LogP contribution in [0.15, 0.2) is 12.1 Å². The van der Waals surface area contributed by atoms with Crippen molar-refractivity contribution in [2.75, 3.05) is 6.54 Å². The number of amides is 1. The molecule has 1 aromatic heterocycles. The first kappa shape index (κ1) is 33.6. The van der Waals surface area contributed by atoms with E-state index in [9.17, 15) is 40.7 Å². The van der Waals surface area contributed by atoms with Gasteiger partial charge < -0.3 is 45.5 Å². The number of aliphatic hydroxyl groups is 4. The standard InChI is InChI=1S/C16H15F6N5O.C6H10O7/c17-10-6-12(19)11(18)4-8(10)3-9(23)5-14(28)26-1-2-27-13(7-26)24-25-15(27)16(20,21)22;7-1-2(8)3(9)4(10)5(11)6(12)13/h4,6,9H,1-3,5,7,23H2;1-5,8-11H,(H,12,13)/t9-;2-,3+,4-,5-/m10/s1. The lowest BCUT2D eigenvalue weighted by Gasteiger charge is -2.29. The van der Waals surface area contributed by atoms with E-state index in [-0.39, 0.29) is 50.1 Å². The Hall–Kier alpha value is -3.65. The van der Waals surface area contributed by atoms with Gasteiger partial charge in [-0.3, -0.25) is 4.79 Å². The second kappa shape index (κ2) is 13.8. The first-order chi connectivity index (χ1) is 19.0. The molecule has 13 nitrogen and oxygen atoms in total. The number of alkyl halides is 3. The van der Waals surface area contributed by atoms with Crippen LogP contribution < -0.4 is 5.73 Å². The van der Waals surface area contributed by atoms with Crippen LogP contribution in [0.3, 0.4) is 0 Å². The molecule has 0 unspecified atom stereocenters. The van der Waals surface area contributed by atoms with Crippen LogP contribution in [0, 0.1) is 17.5 Å². The topological polar surface area (TPSA) is 212 Å². The van der Waals surface area contributed by atoms with Gasteiger partial charge in [0.2, 0.25) is 11.7 Å². The number of aromatic nitrogens is 3. The van der Waals surface area contributed by atoms with Gasteiger partial charge in [0.25, 0.3) is 0 Å². The third-order valence-electron chi connectivity index (χ3n) is 5.78. The molecule has 0 aliphatic carbocycles. The minimum absolute atomic E-state index is 0.000783. The number of nitrogens with zero attached hydrogens (tertiary/aromatic N) is 4. The van der Waals surface area contributed by atoms with Crippen LogP contribution in [-0.2, 0) is 40.1 Å². The van der Waals surface area contributed by atoms with Crippen LogP contribution in [0.25, 0.3) is 0 Å². The quantitative estimate of drug-likeness (QED) is 0.113. The molecule has 0 radical (unpaired) electrons. The number of carbonyl (C=O) groups excluding carboxylic acids is 2. The summed E-state index contributed by atoms with van der Waals surface area (Å²) in [5.41, 5.74) is 5.64. The zero-order chi connectivity index (χ0) is 31.2. The van der Waals surface area contributed by atoms with Crippen molar-refractivity contribution in [3.63, 3.8) is 0 Å². The third-order valence-corrected chi connectivity index (χ3v) is 5.78. The number of fused-ring (bicyclic) bond motifs is 1. The largest absolute Gasteiger partial charge is 0.479 e. The average molecular weight is 601 g/mol. The van der Waals surface area contributed by atoms with Crippen LogP contribution >= 0.6 is 0 Å². The Morgan fingerprint density at radius 3 is 2.17 bits per heavy atom. The molecule has 0 spiro atoms. The number of rotatable bonds is 9. The first-order valence-corrected chi connectivity index (χ1v) is 11.5. The molecule has 7 N–H and O–H groups in total. The van der Waals surface area contributed by atoms with E-state index in [1.165, 1.54) is 4.90 Å². The molecule has 1 aromatic carbocycles. The van der Waals surface area contributed by atoms with Crippen LogP contribution in [-0.4, -0.2) is 100 Å². The summed E-state index contributed by atoms with van der Waals surface area (Å²) in [5, 5.41) is 49.8. The van der Waals surface area contributed by atoms with E-state index < -0.39 is 71.8 Å². The number of halogens is 6. The number of hydrogen-bond donors (Lipinski definition) is 6. The number of hydrogen-bond acceptors (Lipinski definition) is 10. The maximum Gasteiger partial charge on any atom is 0.451 e. The van der Waals surface area contributed by atoms with Crippen molar-refractivity contribution in [3.05, 3.63) is 46.8 Å². The van der Waals surface area contributed by atoms with E-state index >= 15 is 0 Å². The van der Waals surface area contributed by atoms with Gasteiger partial charge in [0, 0.05) is 31.6 Å². The summed E-state index contributed by atoms with van der Waals surface area (Å²) in [6, 6.07) is 0.184. The van der Waals surface area contributed by atoms with E-state index in [4.69, 9.17) is 31.3 Å². The molecule has 1 amide bonds. The number of nitrogens with two attached hydrogens (primary N) is 1. The average Bonchev–Trinajstić information content (AvgIpc) is 3.34. The van der Waals surface area contributed by atoms with Gasteiger partial charge in [0.15, 0.2) is 29.8 Å². The molecule has 0 saturated heterocycles. The van der Waals surface area contributed by atoms with Crippen LogP contribution in [0.5, 0.6) is 0 Å². The van der Waals surface area contributed by atoms with Crippen molar-refractivity contribution in [2.45, 2.75) is 62.6 Å². The summed E-state index contributed by atoms with van der Waals surface area (Å²) in [5.74, 6) is -6.91. The molecule has 2 aromatic rings. The number of carbonyl (C=O) groups is 3. The van der Waals surface area contributed by atoms with Gasteiger partial charge in [-0.25, -0.2) is 18.0 Å². The van der Waals surface area contributed by atoms with E-state index in [1.54, 1.807) is 0 Å². The molecule has 3 rings (SSSR count). The lowest BCUT2D eigenvalue weighted by Crippen LogP contribution is -2.48. The maximum atomic E-state index is 13.7. The van der Waals surface area contributed by atoms with E-state index in [2.05, 4.69) is 10.2 Å². The van der Waals surface area contributed by atoms with Crippen LogP contribution in [0.4, 0.5) is 26.3 Å². The molecule has 2 heterocycles. The molecule has 19 heteroatoms. The Balaban J connectivity index is 0.000000383. The Morgan fingerprint density at radius 1 is 1.00 bits per heavy atom. The van der Waals surface area contributed by atoms with Crippen molar-refractivity contribution in [1.82, 2.24) is 19.7 Å². The van der Waals surface area contributed by atoms with Crippen molar-refractivity contribution in [1.29, 1.82) is 0 Å². The highest BCUT2D eigenvalue weighted by atomic mass is 19.4. The van der Waals surface area contributed by atoms with Crippen LogP contribution in [0.2, 0.25) is 0 Å². The summed E-state index contributed by atoms with van der Waals surface area (Å²) in [6.07, 6.45) is -13.5. The number of aliphatic hydroxyl groups excluding tert-OH is 4. The summed E-state index contributed by atoms with van der Waals surface area (Å²) in [4.78, 5) is 33.6. The zero-order valence-electron chi connectivity index (χ0n) is 20.7. The van der Waals surface area contributed by atoms with Gasteiger partial charge in [-0.1, -0.05) is 0 Å². The predicted molar refractivity (Wildman–Crippen MR) is 121 cm³/mol. The predicted octanol–water partition coefficient (Wildman–Crippen LogP) is -1.27. The van der Waals surface area contributed by atoms with Crippen molar-refractivity contribution >= 4 is 18.2 Å². The third kappa shape index (κ3) is 8.67. The molecule has 41 heavy (non-hydrogen) atoms. The monoisotopic (exact) mass is 601 g/mol. The number of aldehydes is 1. The number of benzene rings is 1. The summed E-state index contributed by atoms with van der Waals surface area (Å²) >= 11 is 0. The first-order valence-electron chi connectivity index (χ1n) is 11.5. The van der Waals surface area contributed by atoms with Gasteiger partial charge in [0.05, 0.1) is 6.54 Å². The fraction of sp³-hybridized carbons (Fsp3) is 0.500. The lowest BCUT2D eigenvalue weighted by molar-refractivity contribution is -0.163. The second-order valence-corrected chi connectivity index (χ2v) is 8.82. The van der Waals surface area contributed by atoms with Gasteiger partial charge in [-0.2, -0.15) is 13.2 Å². The van der Waals surface area contributed by atoms with Gasteiger partial charge in [-0.15, -0.1) is 10.2 Å². The molecule has 1 aliphatic heterocycles. The SMILES string of the molecule is N[C@@H](CC(=O)N1CCn2c(nnc2C(F)(F)F)C1)Cc1cc(F)c(F)cc1F.O=C[C@H](O)[C@@H](O)[C@H](O)[C@H](O)C(=O)O. The molecule has 5 atom stereocenters. The number of carboxylic acids is 1. The minimum atomic E-state index is -4.64. The molecule has 1 aliphatic rings. The van der Waals surface area contributed by atoms with Gasteiger partial charge >= 0.3 is 12.1 Å². The number of carboxylic acid groups (broad SMARTS) is 1. The normalized spacial score (nSPS) is 16.9. The molecule has 0 saturated carbocycles. The second-order valence-electron chi connectivity index (χ2n) is 8.82. The minimum Gasteiger partial charge on any atom is -0.479 e. The van der Waals surface area contributed by atoms with Crippen molar-refractivity contribution in [3.8, 4) is 0 Å². The zero-order valence-corrected chi connectivity index (χ0v) is 20.7. The highest BCUT2D eigenvalue weighted by Gasteiger charge is 2.40. The Morgan fingerprint density at radius 2 is 1.61 bits per heavy atom. The molecule has 0 fully saturated rings. The van der Waals surface area contributed by atoms with Crippen molar-refractivity contribution in [2.24, 2.45) is 5.73 Å². The molecule has 0 bridgehead atoms. The fourth-order valence-corrected chi connectivity index (χ4v) is 3.62. The molecular weight excluding hydrogens is 576 g/mol. The Bertz CT molecular complexity index is 1250. The maximum absolute atomic E-state index is 13.7. The lowest BCUT2D eigenvalue weighted by atomic mass is 10.0. The van der Waals surface area contributed by atoms with Gasteiger partial charge in [0.1, 0.15) is 24.1 Å². The fourth-order valence-electron chi connectivity index (χ4n) is 3.62. The highest BCUT2D eigenvalue weighted by Crippen LogP contribution is 2.29. The molecule has 228 valence electrons. The number of aliphatic carboxylic acids is 1. The summed E-state index contributed by atoms with van der Waals surface area (Å²) in [7, 11) is 0.